The van der Waals surface area contributed by atoms with Gasteiger partial charge in [-0.3, -0.25) is 4.79 Å². The topological polar surface area (TPSA) is 30.0 Å². The van der Waals surface area contributed by atoms with E-state index in [0.717, 1.165) is 18.5 Å². The van der Waals surface area contributed by atoms with Crippen molar-refractivity contribution >= 4 is 17.3 Å². The minimum Gasteiger partial charge on any atom is -0.300 e. The van der Waals surface area contributed by atoms with E-state index in [1.807, 2.05) is 11.4 Å². The van der Waals surface area contributed by atoms with Crippen molar-refractivity contribution in [3.05, 3.63) is 17.1 Å². The average Bonchev–Trinajstić information content (AvgIpc) is 2.61. The summed E-state index contributed by atoms with van der Waals surface area (Å²) in [6.07, 6.45) is 2.49. The van der Waals surface area contributed by atoms with Gasteiger partial charge in [-0.05, 0) is 29.9 Å². The van der Waals surface area contributed by atoms with Crippen LogP contribution in [0.5, 0.6) is 0 Å². The van der Waals surface area contributed by atoms with E-state index >= 15 is 0 Å². The van der Waals surface area contributed by atoms with E-state index in [1.54, 1.807) is 0 Å². The van der Waals surface area contributed by atoms with Gasteiger partial charge in [0.2, 0.25) is 0 Å². The summed E-state index contributed by atoms with van der Waals surface area (Å²) in [5, 5.41) is 1.99. The largest absolute Gasteiger partial charge is 0.300 e. The molecule has 1 aliphatic rings. The molecule has 2 rings (SSSR count). The zero-order valence-corrected chi connectivity index (χ0v) is 8.51. The van der Waals surface area contributed by atoms with Gasteiger partial charge in [0, 0.05) is 24.1 Å². The summed E-state index contributed by atoms with van der Waals surface area (Å²) >= 11 is 1.48. The highest BCUT2D eigenvalue weighted by atomic mass is 32.1. The molecule has 0 amide bonds. The van der Waals surface area contributed by atoms with E-state index in [0.29, 0.717) is 24.0 Å². The Bertz CT molecular complexity index is 294. The molecule has 3 heteroatoms. The van der Waals surface area contributed by atoms with Crippen LogP contribution in [0.3, 0.4) is 0 Å². The van der Waals surface area contributed by atoms with Crippen molar-refractivity contribution in [2.75, 3.05) is 0 Å². The number of aromatic nitrogens is 1. The zero-order valence-electron chi connectivity index (χ0n) is 7.69. The lowest BCUT2D eigenvalue weighted by Crippen LogP contribution is -2.21. The molecule has 0 bridgehead atoms. The summed E-state index contributed by atoms with van der Waals surface area (Å²) in [4.78, 5) is 11.3. The lowest BCUT2D eigenvalue weighted by Gasteiger charge is -2.26. The molecule has 2 unspecified atom stereocenters. The van der Waals surface area contributed by atoms with Gasteiger partial charge < -0.3 is 0 Å². The first-order valence-electron chi connectivity index (χ1n) is 4.69. The lowest BCUT2D eigenvalue weighted by molar-refractivity contribution is -0.121. The van der Waals surface area contributed by atoms with E-state index in [-0.39, 0.29) is 0 Å². The van der Waals surface area contributed by atoms with Crippen LogP contribution in [0.1, 0.15) is 37.8 Å². The minimum absolute atomic E-state index is 0.382. The number of nitrogens with zero attached hydrogens (tertiary/aromatic N) is 1. The highest BCUT2D eigenvalue weighted by Gasteiger charge is 2.28. The maximum atomic E-state index is 11.3. The van der Waals surface area contributed by atoms with E-state index in [9.17, 15) is 4.79 Å². The Balaban J connectivity index is 2.17. The molecule has 0 radical (unpaired) electrons. The van der Waals surface area contributed by atoms with Crippen LogP contribution in [0, 0.1) is 5.92 Å². The molecule has 2 atom stereocenters. The van der Waals surface area contributed by atoms with Gasteiger partial charge in [0.1, 0.15) is 5.78 Å². The van der Waals surface area contributed by atoms with Crippen LogP contribution in [0.4, 0.5) is 0 Å². The number of hydrogen-bond donors (Lipinski definition) is 0. The second-order valence-electron chi connectivity index (χ2n) is 3.79. The van der Waals surface area contributed by atoms with Gasteiger partial charge in [0.05, 0.1) is 5.69 Å². The first-order valence-corrected chi connectivity index (χ1v) is 5.53. The fourth-order valence-electron chi connectivity index (χ4n) is 1.95. The first kappa shape index (κ1) is 8.88. The molecule has 0 N–H and O–H groups in total. The number of Topliss-reactive ketones (excluding diaryl/α,β-unsaturated/α-hetero) is 1. The van der Waals surface area contributed by atoms with Crippen LogP contribution in [0.2, 0.25) is 0 Å². The highest BCUT2D eigenvalue weighted by Crippen LogP contribution is 2.35. The molecule has 0 aromatic carbocycles. The van der Waals surface area contributed by atoms with Crippen molar-refractivity contribution in [3.8, 4) is 0 Å². The Labute approximate surface area is 82.1 Å². The molecule has 2 nitrogen and oxygen atoms in total. The van der Waals surface area contributed by atoms with Gasteiger partial charge in [-0.15, -0.1) is 0 Å². The predicted molar refractivity (Wildman–Crippen MR) is 52.9 cm³/mol. The molecule has 0 spiro atoms. The highest BCUT2D eigenvalue weighted by molar-refractivity contribution is 7.03. The summed E-state index contributed by atoms with van der Waals surface area (Å²) in [6, 6.07) is 2.05. The minimum atomic E-state index is 0.382. The third-order valence-corrected chi connectivity index (χ3v) is 3.42. The van der Waals surface area contributed by atoms with Crippen molar-refractivity contribution in [3.63, 3.8) is 0 Å². The van der Waals surface area contributed by atoms with Crippen LogP contribution in [0.25, 0.3) is 0 Å². The van der Waals surface area contributed by atoms with Crippen LogP contribution >= 0.6 is 11.5 Å². The smallest absolute Gasteiger partial charge is 0.133 e. The number of carbonyl (C=O) groups is 1. The van der Waals surface area contributed by atoms with E-state index in [1.165, 1.54) is 11.5 Å². The van der Waals surface area contributed by atoms with Crippen molar-refractivity contribution in [1.29, 1.82) is 0 Å². The molecular weight excluding hydrogens is 182 g/mol. The SMILES string of the molecule is CC1CCC(=O)CC1c1ccsn1. The molecule has 1 heterocycles. The third-order valence-electron chi connectivity index (χ3n) is 2.85. The molecule has 1 aliphatic carbocycles. The normalized spacial score (nSPS) is 29.2. The number of rotatable bonds is 1. The Hall–Kier alpha value is -0.700. The summed E-state index contributed by atoms with van der Waals surface area (Å²) in [7, 11) is 0. The summed E-state index contributed by atoms with van der Waals surface area (Å²) in [5.74, 6) is 1.39. The Kier molecular flexibility index (Phi) is 2.44. The van der Waals surface area contributed by atoms with Gasteiger partial charge >= 0.3 is 0 Å². The molecular formula is C10H13NOS. The van der Waals surface area contributed by atoms with E-state index < -0.39 is 0 Å². The van der Waals surface area contributed by atoms with Crippen LogP contribution in [0.15, 0.2) is 11.4 Å². The van der Waals surface area contributed by atoms with Crippen molar-refractivity contribution in [2.24, 2.45) is 5.92 Å². The second kappa shape index (κ2) is 3.58. The van der Waals surface area contributed by atoms with Crippen molar-refractivity contribution in [1.82, 2.24) is 4.37 Å². The molecule has 70 valence electrons. The van der Waals surface area contributed by atoms with E-state index in [4.69, 9.17) is 0 Å². The van der Waals surface area contributed by atoms with Gasteiger partial charge in [-0.25, -0.2) is 0 Å². The van der Waals surface area contributed by atoms with Gasteiger partial charge in [-0.2, -0.15) is 4.37 Å². The number of hydrogen-bond acceptors (Lipinski definition) is 3. The maximum absolute atomic E-state index is 11.3. The Morgan fingerprint density at radius 3 is 3.15 bits per heavy atom. The monoisotopic (exact) mass is 195 g/mol. The molecule has 0 aliphatic heterocycles. The zero-order chi connectivity index (χ0) is 9.26. The van der Waals surface area contributed by atoms with Crippen LogP contribution < -0.4 is 0 Å². The maximum Gasteiger partial charge on any atom is 0.133 e. The fraction of sp³-hybridized carbons (Fsp3) is 0.600. The summed E-state index contributed by atoms with van der Waals surface area (Å²) in [6.45, 7) is 2.22. The molecule has 1 fully saturated rings. The fourth-order valence-corrected chi connectivity index (χ4v) is 2.53. The van der Waals surface area contributed by atoms with Crippen LogP contribution in [-0.2, 0) is 4.79 Å². The molecule has 1 aromatic heterocycles. The molecule has 1 saturated carbocycles. The van der Waals surface area contributed by atoms with Gasteiger partial charge in [0.15, 0.2) is 0 Å². The Morgan fingerprint density at radius 1 is 1.62 bits per heavy atom. The second-order valence-corrected chi connectivity index (χ2v) is 4.46. The van der Waals surface area contributed by atoms with Crippen molar-refractivity contribution < 1.29 is 4.79 Å². The summed E-state index contributed by atoms with van der Waals surface area (Å²) in [5.41, 5.74) is 1.12. The van der Waals surface area contributed by atoms with Crippen LogP contribution in [-0.4, -0.2) is 10.2 Å². The van der Waals surface area contributed by atoms with Gasteiger partial charge in [-0.1, -0.05) is 6.92 Å². The van der Waals surface area contributed by atoms with Gasteiger partial charge in [0.25, 0.3) is 0 Å². The molecule has 1 aromatic rings. The molecule has 13 heavy (non-hydrogen) atoms. The molecule has 0 saturated heterocycles. The van der Waals surface area contributed by atoms with E-state index in [2.05, 4.69) is 11.3 Å². The number of carbonyl (C=O) groups excluding carboxylic acids is 1. The predicted octanol–water partition coefficient (Wildman–Crippen LogP) is 2.62. The number of ketones is 1. The quantitative estimate of drug-likeness (QED) is 0.689. The average molecular weight is 195 g/mol. The summed E-state index contributed by atoms with van der Waals surface area (Å²) < 4.78 is 4.31. The standard InChI is InChI=1S/C10H13NOS/c1-7-2-3-8(12)6-9(7)10-4-5-13-11-10/h4-5,7,9H,2-3,6H2,1H3. The first-order chi connectivity index (χ1) is 6.27. The van der Waals surface area contributed by atoms with Crippen molar-refractivity contribution in [2.45, 2.75) is 32.1 Å². The Morgan fingerprint density at radius 2 is 2.46 bits per heavy atom. The third kappa shape index (κ3) is 1.80. The lowest BCUT2D eigenvalue weighted by atomic mass is 9.78.